The number of nitrogens with one attached hydrogen (secondary N) is 1. The van der Waals surface area contributed by atoms with E-state index in [1.807, 2.05) is 0 Å². The second kappa shape index (κ2) is 8.53. The molecule has 2 aliphatic rings. The van der Waals surface area contributed by atoms with Crippen molar-refractivity contribution in [1.82, 2.24) is 5.32 Å². The van der Waals surface area contributed by atoms with Crippen molar-refractivity contribution in [3.05, 3.63) is 45.6 Å². The number of rotatable bonds is 6. The van der Waals surface area contributed by atoms with Crippen molar-refractivity contribution >= 4 is 17.5 Å². The first-order chi connectivity index (χ1) is 13.1. The van der Waals surface area contributed by atoms with Crippen LogP contribution in [0.5, 0.6) is 11.5 Å². The Labute approximate surface area is 164 Å². The van der Waals surface area contributed by atoms with Crippen LogP contribution in [0.2, 0.25) is 0 Å². The fourth-order valence-corrected chi connectivity index (χ4v) is 4.71. The van der Waals surface area contributed by atoms with E-state index in [-0.39, 0.29) is 11.5 Å². The van der Waals surface area contributed by atoms with Crippen molar-refractivity contribution in [2.24, 2.45) is 0 Å². The van der Waals surface area contributed by atoms with Crippen LogP contribution in [0.15, 0.2) is 40.1 Å². The van der Waals surface area contributed by atoms with Crippen molar-refractivity contribution in [3.8, 4) is 17.6 Å². The summed E-state index contributed by atoms with van der Waals surface area (Å²) in [6.07, 6.45) is 4.29. The number of unbranched alkanes of at least 4 members (excludes halogenated alkanes) is 1. The molecule has 1 aliphatic heterocycles. The molecule has 1 aromatic rings. The SMILES string of the molecule is CCCCSC1=C(C#N)[C@H](c2ccc(O)c(OC)c2)C2=C(CCCC2=O)N1. The van der Waals surface area contributed by atoms with Crippen LogP contribution in [0, 0.1) is 11.3 Å². The van der Waals surface area contributed by atoms with Crippen LogP contribution in [0.25, 0.3) is 0 Å². The second-order valence-corrected chi connectivity index (χ2v) is 7.82. The summed E-state index contributed by atoms with van der Waals surface area (Å²) in [5.41, 5.74) is 2.98. The Morgan fingerprint density at radius 1 is 1.41 bits per heavy atom. The van der Waals surface area contributed by atoms with E-state index in [1.54, 1.807) is 30.0 Å². The molecule has 5 nitrogen and oxygen atoms in total. The highest BCUT2D eigenvalue weighted by atomic mass is 32.2. The maximum atomic E-state index is 12.7. The van der Waals surface area contributed by atoms with E-state index in [4.69, 9.17) is 4.74 Å². The summed E-state index contributed by atoms with van der Waals surface area (Å²) in [4.78, 5) is 12.7. The number of Topliss-reactive ketones (excluding diaryl/α,β-unsaturated/α-hetero) is 1. The Kier molecular flexibility index (Phi) is 6.12. The standard InChI is InChI=1S/C21H24N2O3S/c1-3-4-10-27-21-14(12-22)19(13-8-9-16(24)18(11-13)26-2)20-15(23-21)6-5-7-17(20)25/h8-9,11,19,23-24H,3-7,10H2,1-2H3/t19-/m0/s1. The van der Waals surface area contributed by atoms with Crippen molar-refractivity contribution in [1.29, 1.82) is 5.26 Å². The van der Waals surface area contributed by atoms with Crippen LogP contribution in [0.1, 0.15) is 50.5 Å². The molecule has 2 N–H and O–H groups in total. The van der Waals surface area contributed by atoms with Crippen molar-refractivity contribution < 1.29 is 14.6 Å². The molecule has 142 valence electrons. The number of methoxy groups -OCH3 is 1. The molecule has 1 aliphatic carbocycles. The van der Waals surface area contributed by atoms with E-state index in [9.17, 15) is 15.2 Å². The third-order valence-corrected chi connectivity index (χ3v) is 6.05. The Morgan fingerprint density at radius 3 is 2.93 bits per heavy atom. The van der Waals surface area contributed by atoms with Crippen molar-refractivity contribution in [2.45, 2.75) is 44.9 Å². The summed E-state index contributed by atoms with van der Waals surface area (Å²) in [5.74, 6) is 0.976. The lowest BCUT2D eigenvalue weighted by Crippen LogP contribution is -2.31. The first kappa shape index (κ1) is 19.4. The van der Waals surface area contributed by atoms with Gasteiger partial charge in [-0.25, -0.2) is 0 Å². The quantitative estimate of drug-likeness (QED) is 0.709. The minimum Gasteiger partial charge on any atom is -0.504 e. The molecule has 27 heavy (non-hydrogen) atoms. The Balaban J connectivity index is 2.11. The van der Waals surface area contributed by atoms with E-state index < -0.39 is 5.92 Å². The molecule has 0 saturated heterocycles. The summed E-state index contributed by atoms with van der Waals surface area (Å²) >= 11 is 1.64. The van der Waals surface area contributed by atoms with Crippen LogP contribution >= 0.6 is 11.8 Å². The maximum absolute atomic E-state index is 12.7. The number of dihydropyridines is 1. The Bertz CT molecular complexity index is 851. The van der Waals surface area contributed by atoms with Crippen LogP contribution in [-0.2, 0) is 4.79 Å². The molecule has 0 radical (unpaired) electrons. The average Bonchev–Trinajstić information content (AvgIpc) is 2.68. The number of hydrogen-bond donors (Lipinski definition) is 2. The molecule has 6 heteroatoms. The zero-order chi connectivity index (χ0) is 19.4. The van der Waals surface area contributed by atoms with Gasteiger partial charge in [-0.1, -0.05) is 19.4 Å². The zero-order valence-electron chi connectivity index (χ0n) is 15.7. The van der Waals surface area contributed by atoms with Crippen molar-refractivity contribution in [3.63, 3.8) is 0 Å². The van der Waals surface area contributed by atoms with Gasteiger partial charge in [0.2, 0.25) is 0 Å². The number of phenols is 1. The highest BCUT2D eigenvalue weighted by Gasteiger charge is 2.37. The number of phenolic OH excluding ortho intramolecular Hbond substituents is 1. The number of benzene rings is 1. The molecule has 0 amide bonds. The van der Waals surface area contributed by atoms with Gasteiger partial charge in [0.25, 0.3) is 0 Å². The van der Waals surface area contributed by atoms with Crippen LogP contribution in [0.4, 0.5) is 0 Å². The predicted molar refractivity (Wildman–Crippen MR) is 106 cm³/mol. The largest absolute Gasteiger partial charge is 0.504 e. The molecular weight excluding hydrogens is 360 g/mol. The highest BCUT2D eigenvalue weighted by molar-refractivity contribution is 8.03. The average molecular weight is 385 g/mol. The summed E-state index contributed by atoms with van der Waals surface area (Å²) in [5, 5.41) is 24.1. The zero-order valence-corrected chi connectivity index (χ0v) is 16.5. The van der Waals surface area contributed by atoms with Gasteiger partial charge in [-0.3, -0.25) is 4.79 Å². The lowest BCUT2D eigenvalue weighted by molar-refractivity contribution is -0.116. The van der Waals surface area contributed by atoms with Gasteiger partial charge in [-0.05, 0) is 42.7 Å². The number of hydrogen-bond acceptors (Lipinski definition) is 6. The van der Waals surface area contributed by atoms with Gasteiger partial charge in [0, 0.05) is 17.7 Å². The smallest absolute Gasteiger partial charge is 0.161 e. The number of allylic oxidation sites excluding steroid dienone is 3. The lowest BCUT2D eigenvalue weighted by Gasteiger charge is -2.33. The van der Waals surface area contributed by atoms with E-state index in [0.717, 1.165) is 47.7 Å². The summed E-state index contributed by atoms with van der Waals surface area (Å²) in [6.45, 7) is 2.14. The summed E-state index contributed by atoms with van der Waals surface area (Å²) in [7, 11) is 1.49. The molecule has 0 aromatic heterocycles. The van der Waals surface area contributed by atoms with Gasteiger partial charge in [-0.2, -0.15) is 5.26 Å². The maximum Gasteiger partial charge on any atom is 0.161 e. The molecule has 3 rings (SSSR count). The number of ether oxygens (including phenoxy) is 1. The summed E-state index contributed by atoms with van der Waals surface area (Å²) < 4.78 is 5.24. The molecule has 0 unspecified atom stereocenters. The highest BCUT2D eigenvalue weighted by Crippen LogP contribution is 2.45. The Hall–Kier alpha value is -2.39. The molecule has 1 atom stereocenters. The minimum absolute atomic E-state index is 0.0411. The number of nitriles is 1. The first-order valence-corrected chi connectivity index (χ1v) is 10.3. The topological polar surface area (TPSA) is 82.3 Å². The summed E-state index contributed by atoms with van der Waals surface area (Å²) in [6, 6.07) is 7.40. The van der Waals surface area contributed by atoms with E-state index >= 15 is 0 Å². The van der Waals surface area contributed by atoms with Gasteiger partial charge in [0.15, 0.2) is 17.3 Å². The number of carbonyl (C=O) groups excluding carboxylic acids is 1. The second-order valence-electron chi connectivity index (χ2n) is 6.71. The molecule has 0 fully saturated rings. The number of carbonyl (C=O) groups is 1. The normalized spacial score (nSPS) is 19.4. The fraction of sp³-hybridized carbons (Fsp3) is 0.429. The van der Waals surface area contributed by atoms with Gasteiger partial charge in [0.05, 0.1) is 29.7 Å². The van der Waals surface area contributed by atoms with E-state index in [1.165, 1.54) is 7.11 Å². The first-order valence-electron chi connectivity index (χ1n) is 9.27. The van der Waals surface area contributed by atoms with E-state index in [0.29, 0.717) is 23.3 Å². The van der Waals surface area contributed by atoms with Crippen LogP contribution < -0.4 is 10.1 Å². The van der Waals surface area contributed by atoms with Crippen LogP contribution in [-0.4, -0.2) is 23.8 Å². The molecule has 1 heterocycles. The molecule has 0 saturated carbocycles. The van der Waals surface area contributed by atoms with Crippen LogP contribution in [0.3, 0.4) is 0 Å². The number of thioether (sulfide) groups is 1. The van der Waals surface area contributed by atoms with Gasteiger partial charge < -0.3 is 15.2 Å². The molecular formula is C21H24N2O3S. The number of aromatic hydroxyl groups is 1. The minimum atomic E-state index is -0.419. The lowest BCUT2D eigenvalue weighted by atomic mass is 9.77. The number of nitrogens with zero attached hydrogens (tertiary/aromatic N) is 1. The molecule has 0 bridgehead atoms. The molecule has 1 aromatic carbocycles. The Morgan fingerprint density at radius 2 is 2.22 bits per heavy atom. The third kappa shape index (κ3) is 3.84. The van der Waals surface area contributed by atoms with Crippen molar-refractivity contribution in [2.75, 3.05) is 12.9 Å². The third-order valence-electron chi connectivity index (χ3n) is 4.94. The van der Waals surface area contributed by atoms with Gasteiger partial charge >= 0.3 is 0 Å². The predicted octanol–water partition coefficient (Wildman–Crippen LogP) is 4.36. The molecule has 0 spiro atoms. The fourth-order valence-electron chi connectivity index (χ4n) is 3.56. The van der Waals surface area contributed by atoms with E-state index in [2.05, 4.69) is 18.3 Å². The monoisotopic (exact) mass is 384 g/mol. The number of ketones is 1. The van der Waals surface area contributed by atoms with Gasteiger partial charge in [-0.15, -0.1) is 11.8 Å². The van der Waals surface area contributed by atoms with Gasteiger partial charge in [0.1, 0.15) is 0 Å².